The van der Waals surface area contributed by atoms with Crippen molar-refractivity contribution in [3.8, 4) is 22.9 Å². The number of hydrogen-bond acceptors (Lipinski definition) is 7. The van der Waals surface area contributed by atoms with Gasteiger partial charge in [-0.2, -0.15) is 4.80 Å². The number of rotatable bonds is 6. The SMILES string of the molecule is CCOc1cc(N)c(-c2nnn(CC(=O)O)n2)cc1OC. The number of carbonyl (C=O) groups is 1. The number of nitrogen functional groups attached to an aromatic ring is 1. The number of carboxylic acids is 1. The molecule has 2 rings (SSSR count). The second kappa shape index (κ2) is 6.07. The molecule has 0 aliphatic heterocycles. The number of nitrogens with zero attached hydrogens (tertiary/aromatic N) is 4. The van der Waals surface area contributed by atoms with Gasteiger partial charge in [0.1, 0.15) is 0 Å². The van der Waals surface area contributed by atoms with Crippen LogP contribution < -0.4 is 15.2 Å². The molecule has 9 nitrogen and oxygen atoms in total. The number of aliphatic carboxylic acids is 1. The van der Waals surface area contributed by atoms with E-state index in [1.54, 1.807) is 12.1 Å². The monoisotopic (exact) mass is 293 g/mol. The molecule has 1 aromatic carbocycles. The van der Waals surface area contributed by atoms with Crippen molar-refractivity contribution in [2.24, 2.45) is 0 Å². The molecular weight excluding hydrogens is 278 g/mol. The minimum Gasteiger partial charge on any atom is -0.493 e. The van der Waals surface area contributed by atoms with Crippen LogP contribution in [-0.4, -0.2) is 45.0 Å². The van der Waals surface area contributed by atoms with E-state index in [2.05, 4.69) is 15.4 Å². The average molecular weight is 293 g/mol. The van der Waals surface area contributed by atoms with Gasteiger partial charge in [-0.3, -0.25) is 4.79 Å². The summed E-state index contributed by atoms with van der Waals surface area (Å²) in [5, 5.41) is 20.1. The van der Waals surface area contributed by atoms with Gasteiger partial charge in [-0.15, -0.1) is 10.2 Å². The summed E-state index contributed by atoms with van der Waals surface area (Å²) in [6.45, 7) is 1.95. The molecule has 0 atom stereocenters. The van der Waals surface area contributed by atoms with Crippen LogP contribution in [0.5, 0.6) is 11.5 Å². The normalized spacial score (nSPS) is 10.4. The van der Waals surface area contributed by atoms with Gasteiger partial charge in [0, 0.05) is 17.3 Å². The Hall–Kier alpha value is -2.84. The van der Waals surface area contributed by atoms with Crippen LogP contribution in [0.3, 0.4) is 0 Å². The number of benzene rings is 1. The van der Waals surface area contributed by atoms with Crippen molar-refractivity contribution in [1.82, 2.24) is 20.2 Å². The molecule has 0 aliphatic carbocycles. The van der Waals surface area contributed by atoms with Gasteiger partial charge >= 0.3 is 5.97 Å². The number of tetrazole rings is 1. The maximum atomic E-state index is 10.6. The van der Waals surface area contributed by atoms with E-state index in [4.69, 9.17) is 20.3 Å². The molecule has 3 N–H and O–H groups in total. The van der Waals surface area contributed by atoms with E-state index in [9.17, 15) is 4.79 Å². The Labute approximate surface area is 120 Å². The van der Waals surface area contributed by atoms with E-state index < -0.39 is 5.97 Å². The van der Waals surface area contributed by atoms with Crippen LogP contribution in [0.1, 0.15) is 6.92 Å². The smallest absolute Gasteiger partial charge is 0.327 e. The quantitative estimate of drug-likeness (QED) is 0.734. The molecule has 0 unspecified atom stereocenters. The van der Waals surface area contributed by atoms with Gasteiger partial charge in [0.2, 0.25) is 5.82 Å². The van der Waals surface area contributed by atoms with Crippen LogP contribution in [0.25, 0.3) is 11.4 Å². The van der Waals surface area contributed by atoms with Crippen LogP contribution in [-0.2, 0) is 11.3 Å². The van der Waals surface area contributed by atoms with E-state index in [1.165, 1.54) is 7.11 Å². The van der Waals surface area contributed by atoms with E-state index in [-0.39, 0.29) is 12.4 Å². The van der Waals surface area contributed by atoms with Gasteiger partial charge in [-0.05, 0) is 18.2 Å². The van der Waals surface area contributed by atoms with Crippen molar-refractivity contribution in [3.05, 3.63) is 12.1 Å². The molecule has 1 aromatic heterocycles. The van der Waals surface area contributed by atoms with Crippen LogP contribution in [0, 0.1) is 0 Å². The highest BCUT2D eigenvalue weighted by atomic mass is 16.5. The number of aromatic nitrogens is 4. The number of hydrogen-bond donors (Lipinski definition) is 2. The first-order valence-corrected chi connectivity index (χ1v) is 6.15. The number of ether oxygens (including phenoxy) is 2. The standard InChI is InChI=1S/C12H15N5O4/c1-3-21-10-5-8(13)7(4-9(10)20-2)12-14-16-17(15-12)6-11(18)19/h4-5H,3,6,13H2,1-2H3,(H,18,19). The van der Waals surface area contributed by atoms with Crippen molar-refractivity contribution in [2.75, 3.05) is 19.5 Å². The molecule has 9 heteroatoms. The molecule has 1 heterocycles. The van der Waals surface area contributed by atoms with Crippen LogP contribution in [0.2, 0.25) is 0 Å². The second-order valence-electron chi connectivity index (χ2n) is 4.06. The summed E-state index contributed by atoms with van der Waals surface area (Å²) in [7, 11) is 1.51. The van der Waals surface area contributed by atoms with E-state index in [1.807, 2.05) is 6.92 Å². The maximum absolute atomic E-state index is 10.6. The Bertz CT molecular complexity index is 655. The van der Waals surface area contributed by atoms with Gasteiger partial charge in [0.05, 0.1) is 13.7 Å². The minimum absolute atomic E-state index is 0.218. The highest BCUT2D eigenvalue weighted by Gasteiger charge is 2.15. The molecule has 0 amide bonds. The molecule has 0 fully saturated rings. The predicted molar refractivity (Wildman–Crippen MR) is 73.0 cm³/mol. The number of methoxy groups -OCH3 is 1. The summed E-state index contributed by atoms with van der Waals surface area (Å²) in [5.41, 5.74) is 6.82. The van der Waals surface area contributed by atoms with Gasteiger partial charge < -0.3 is 20.3 Å². The van der Waals surface area contributed by atoms with Crippen LogP contribution >= 0.6 is 0 Å². The molecule has 0 radical (unpaired) electrons. The molecule has 112 valence electrons. The Morgan fingerprint density at radius 2 is 2.19 bits per heavy atom. The average Bonchev–Trinajstić information content (AvgIpc) is 2.87. The first-order chi connectivity index (χ1) is 10.0. The summed E-state index contributed by atoms with van der Waals surface area (Å²) in [6, 6.07) is 3.23. The van der Waals surface area contributed by atoms with E-state index in [0.29, 0.717) is 29.4 Å². The summed E-state index contributed by atoms with van der Waals surface area (Å²) < 4.78 is 10.6. The molecular formula is C12H15N5O4. The van der Waals surface area contributed by atoms with Gasteiger partial charge in [0.25, 0.3) is 0 Å². The fourth-order valence-electron chi connectivity index (χ4n) is 1.74. The second-order valence-corrected chi connectivity index (χ2v) is 4.06. The molecule has 2 aromatic rings. The lowest BCUT2D eigenvalue weighted by molar-refractivity contribution is -0.138. The fourth-order valence-corrected chi connectivity index (χ4v) is 1.74. The maximum Gasteiger partial charge on any atom is 0.327 e. The summed E-state index contributed by atoms with van der Waals surface area (Å²) in [4.78, 5) is 11.6. The van der Waals surface area contributed by atoms with Gasteiger partial charge in [0.15, 0.2) is 18.0 Å². The third kappa shape index (κ3) is 3.19. The highest BCUT2D eigenvalue weighted by Crippen LogP contribution is 2.35. The lowest BCUT2D eigenvalue weighted by Crippen LogP contribution is -2.11. The lowest BCUT2D eigenvalue weighted by atomic mass is 10.1. The summed E-state index contributed by atoms with van der Waals surface area (Å²) >= 11 is 0. The van der Waals surface area contributed by atoms with Crippen LogP contribution in [0.15, 0.2) is 12.1 Å². The first-order valence-electron chi connectivity index (χ1n) is 6.15. The first kappa shape index (κ1) is 14.6. The highest BCUT2D eigenvalue weighted by molar-refractivity contribution is 5.75. The Morgan fingerprint density at radius 1 is 1.43 bits per heavy atom. The molecule has 0 bridgehead atoms. The molecule has 0 aliphatic rings. The van der Waals surface area contributed by atoms with Crippen molar-refractivity contribution in [1.29, 1.82) is 0 Å². The lowest BCUT2D eigenvalue weighted by Gasteiger charge is -2.11. The Balaban J connectivity index is 2.39. The summed E-state index contributed by atoms with van der Waals surface area (Å²) in [6.07, 6.45) is 0. The third-order valence-corrected chi connectivity index (χ3v) is 2.61. The largest absolute Gasteiger partial charge is 0.493 e. The van der Waals surface area contributed by atoms with E-state index in [0.717, 1.165) is 4.80 Å². The van der Waals surface area contributed by atoms with Crippen molar-refractivity contribution < 1.29 is 19.4 Å². The number of anilines is 1. The molecule has 0 spiro atoms. The van der Waals surface area contributed by atoms with Gasteiger partial charge in [-0.1, -0.05) is 0 Å². The Morgan fingerprint density at radius 3 is 2.81 bits per heavy atom. The topological polar surface area (TPSA) is 125 Å². The zero-order valence-corrected chi connectivity index (χ0v) is 11.6. The number of carboxylic acid groups (broad SMARTS) is 1. The van der Waals surface area contributed by atoms with Crippen molar-refractivity contribution in [2.45, 2.75) is 13.5 Å². The zero-order chi connectivity index (χ0) is 15.4. The zero-order valence-electron chi connectivity index (χ0n) is 11.6. The summed E-state index contributed by atoms with van der Waals surface area (Å²) in [5.74, 6) is 0.154. The van der Waals surface area contributed by atoms with Gasteiger partial charge in [-0.25, -0.2) is 0 Å². The Kier molecular flexibility index (Phi) is 4.21. The minimum atomic E-state index is -1.06. The number of nitrogens with two attached hydrogens (primary N) is 1. The fraction of sp³-hybridized carbons (Fsp3) is 0.333. The predicted octanol–water partition coefficient (Wildman–Crippen LogP) is 0.414. The van der Waals surface area contributed by atoms with Crippen LogP contribution in [0.4, 0.5) is 5.69 Å². The van der Waals surface area contributed by atoms with E-state index >= 15 is 0 Å². The molecule has 0 saturated heterocycles. The molecule has 21 heavy (non-hydrogen) atoms. The third-order valence-electron chi connectivity index (χ3n) is 2.61. The van der Waals surface area contributed by atoms with Crippen molar-refractivity contribution >= 4 is 11.7 Å². The molecule has 0 saturated carbocycles. The van der Waals surface area contributed by atoms with Crippen molar-refractivity contribution in [3.63, 3.8) is 0 Å².